The molecule has 0 aliphatic rings. The zero-order valence-electron chi connectivity index (χ0n) is 21.9. The van der Waals surface area contributed by atoms with Gasteiger partial charge in [0.25, 0.3) is 0 Å². The third-order valence-corrected chi connectivity index (χ3v) is 3.95. The van der Waals surface area contributed by atoms with Gasteiger partial charge in [-0.1, -0.05) is 73.9 Å². The second-order valence-corrected chi connectivity index (χ2v) is 10.5. The SMILES string of the molecule is CC(C)C.CCC(=O)CC(C)(C)C.CCCC(C)=Nc1ccc(C(C)(C)O)cc1C. The first-order valence-electron chi connectivity index (χ1n) is 11.4. The highest BCUT2D eigenvalue weighted by molar-refractivity contribution is 5.84. The molecule has 0 aromatic heterocycles. The lowest BCUT2D eigenvalue weighted by atomic mass is 9.89. The predicted molar refractivity (Wildman–Crippen MR) is 134 cm³/mol. The summed E-state index contributed by atoms with van der Waals surface area (Å²) in [5.74, 6) is 1.20. The smallest absolute Gasteiger partial charge is 0.133 e. The number of Topliss-reactive ketones (excluding diaryl/α,β-unsaturated/α-hetero) is 1. The summed E-state index contributed by atoms with van der Waals surface area (Å²) in [6, 6.07) is 5.95. The first kappa shape index (κ1) is 30.7. The highest BCUT2D eigenvalue weighted by Crippen LogP contribution is 2.26. The number of carbonyl (C=O) groups excluding carboxylic acids is 1. The van der Waals surface area contributed by atoms with Crippen molar-refractivity contribution in [2.45, 2.75) is 114 Å². The molecule has 3 nitrogen and oxygen atoms in total. The summed E-state index contributed by atoms with van der Waals surface area (Å²) < 4.78 is 0. The molecular weight excluding hydrogens is 370 g/mol. The monoisotopic (exact) mass is 419 g/mol. The summed E-state index contributed by atoms with van der Waals surface area (Å²) in [4.78, 5) is 15.4. The van der Waals surface area contributed by atoms with Crippen molar-refractivity contribution in [1.82, 2.24) is 0 Å². The molecule has 0 aliphatic carbocycles. The van der Waals surface area contributed by atoms with Gasteiger partial charge in [0.15, 0.2) is 0 Å². The van der Waals surface area contributed by atoms with Crippen LogP contribution in [0.4, 0.5) is 5.69 Å². The second kappa shape index (κ2) is 14.5. The maximum atomic E-state index is 10.8. The highest BCUT2D eigenvalue weighted by atomic mass is 16.3. The van der Waals surface area contributed by atoms with Crippen molar-refractivity contribution in [2.75, 3.05) is 0 Å². The third-order valence-electron chi connectivity index (χ3n) is 3.95. The van der Waals surface area contributed by atoms with Gasteiger partial charge in [0, 0.05) is 18.6 Å². The Bertz CT molecular complexity index is 641. The average Bonchev–Trinajstić information content (AvgIpc) is 2.54. The molecule has 1 N–H and O–H groups in total. The van der Waals surface area contributed by atoms with Gasteiger partial charge in [0.1, 0.15) is 5.78 Å². The van der Waals surface area contributed by atoms with Crippen LogP contribution in [0.2, 0.25) is 0 Å². The molecule has 1 aromatic rings. The molecule has 0 aliphatic heterocycles. The van der Waals surface area contributed by atoms with Crippen LogP contribution in [0.25, 0.3) is 0 Å². The van der Waals surface area contributed by atoms with Crippen LogP contribution < -0.4 is 0 Å². The van der Waals surface area contributed by atoms with E-state index in [0.717, 1.165) is 41.3 Å². The molecule has 0 unspecified atom stereocenters. The molecule has 0 amide bonds. The largest absolute Gasteiger partial charge is 0.386 e. The quantitative estimate of drug-likeness (QED) is 0.472. The molecule has 0 atom stereocenters. The van der Waals surface area contributed by atoms with Crippen LogP contribution in [0.1, 0.15) is 113 Å². The van der Waals surface area contributed by atoms with Gasteiger partial charge in [-0.15, -0.1) is 0 Å². The summed E-state index contributed by atoms with van der Waals surface area (Å²) in [6.07, 6.45) is 3.55. The Morgan fingerprint density at radius 2 is 1.57 bits per heavy atom. The lowest BCUT2D eigenvalue weighted by molar-refractivity contribution is -0.120. The number of aliphatic hydroxyl groups is 1. The van der Waals surface area contributed by atoms with Gasteiger partial charge in [-0.2, -0.15) is 0 Å². The third kappa shape index (κ3) is 17.4. The number of aryl methyl sites for hydroxylation is 1. The molecule has 0 saturated heterocycles. The van der Waals surface area contributed by atoms with E-state index in [4.69, 9.17) is 0 Å². The number of rotatable bonds is 6. The van der Waals surface area contributed by atoms with E-state index in [1.807, 2.05) is 32.0 Å². The van der Waals surface area contributed by atoms with Crippen molar-refractivity contribution in [1.29, 1.82) is 0 Å². The molecule has 0 spiro atoms. The van der Waals surface area contributed by atoms with Crippen LogP contribution in [0.5, 0.6) is 0 Å². The number of carbonyl (C=O) groups is 1. The van der Waals surface area contributed by atoms with Crippen LogP contribution >= 0.6 is 0 Å². The van der Waals surface area contributed by atoms with Crippen LogP contribution in [0.3, 0.4) is 0 Å². The molecule has 0 saturated carbocycles. The fraction of sp³-hybridized carbons (Fsp3) is 0.704. The van der Waals surface area contributed by atoms with Crippen molar-refractivity contribution in [3.05, 3.63) is 29.3 Å². The summed E-state index contributed by atoms with van der Waals surface area (Å²) in [6.45, 7) is 24.5. The predicted octanol–water partition coefficient (Wildman–Crippen LogP) is 8.18. The Kier molecular flexibility index (Phi) is 14.9. The summed E-state index contributed by atoms with van der Waals surface area (Å²) >= 11 is 0. The molecule has 0 radical (unpaired) electrons. The summed E-state index contributed by atoms with van der Waals surface area (Å²) in [5.41, 5.74) is 3.59. The fourth-order valence-electron chi connectivity index (χ4n) is 2.50. The number of ketones is 1. The van der Waals surface area contributed by atoms with Gasteiger partial charge in [0.2, 0.25) is 0 Å². The Labute approximate surface area is 187 Å². The van der Waals surface area contributed by atoms with Gasteiger partial charge < -0.3 is 5.11 Å². The van der Waals surface area contributed by atoms with Crippen molar-refractivity contribution >= 4 is 17.2 Å². The zero-order chi connectivity index (χ0) is 24.1. The Morgan fingerprint density at radius 3 is 1.87 bits per heavy atom. The molecular formula is C27H49NO2. The van der Waals surface area contributed by atoms with E-state index in [1.165, 1.54) is 0 Å². The van der Waals surface area contributed by atoms with Gasteiger partial charge in [0.05, 0.1) is 11.3 Å². The molecule has 174 valence electrons. The van der Waals surface area contributed by atoms with Crippen molar-refractivity contribution < 1.29 is 9.90 Å². The van der Waals surface area contributed by atoms with Crippen molar-refractivity contribution in [2.24, 2.45) is 16.3 Å². The molecule has 1 aromatic carbocycles. The van der Waals surface area contributed by atoms with E-state index >= 15 is 0 Å². The van der Waals surface area contributed by atoms with E-state index in [9.17, 15) is 9.90 Å². The second-order valence-electron chi connectivity index (χ2n) is 10.5. The van der Waals surface area contributed by atoms with Crippen LogP contribution in [-0.4, -0.2) is 16.6 Å². The molecule has 0 fully saturated rings. The minimum Gasteiger partial charge on any atom is -0.386 e. The number of hydrogen-bond donors (Lipinski definition) is 1. The van der Waals surface area contributed by atoms with Crippen LogP contribution in [0.15, 0.2) is 23.2 Å². The Morgan fingerprint density at radius 1 is 1.07 bits per heavy atom. The summed E-state index contributed by atoms with van der Waals surface area (Å²) in [7, 11) is 0. The van der Waals surface area contributed by atoms with E-state index in [0.29, 0.717) is 18.6 Å². The first-order chi connectivity index (χ1) is 13.5. The maximum absolute atomic E-state index is 10.8. The van der Waals surface area contributed by atoms with Gasteiger partial charge in [-0.25, -0.2) is 0 Å². The average molecular weight is 420 g/mol. The normalized spacial score (nSPS) is 12.0. The summed E-state index contributed by atoms with van der Waals surface area (Å²) in [5, 5.41) is 9.93. The molecule has 3 heteroatoms. The number of hydrogen-bond acceptors (Lipinski definition) is 3. The molecule has 0 heterocycles. The van der Waals surface area contributed by atoms with Gasteiger partial charge in [-0.05, 0) is 62.6 Å². The zero-order valence-corrected chi connectivity index (χ0v) is 21.9. The maximum Gasteiger partial charge on any atom is 0.133 e. The van der Waals surface area contributed by atoms with Crippen LogP contribution in [-0.2, 0) is 10.4 Å². The highest BCUT2D eigenvalue weighted by Gasteiger charge is 2.16. The standard InChI is InChI=1S/C15H23NO.C8H16O.C4H10/c1-6-7-12(3)16-14-9-8-13(10-11(14)2)15(4,5)17;1-5-7(9)6-8(2,3)4;1-4(2)3/h8-10,17H,6-7H2,1-5H3;5-6H2,1-4H3;4H,1-3H3. The number of aliphatic imine (C=N–C) groups is 1. The van der Waals surface area contributed by atoms with Crippen molar-refractivity contribution in [3.8, 4) is 0 Å². The van der Waals surface area contributed by atoms with Gasteiger partial charge >= 0.3 is 0 Å². The topological polar surface area (TPSA) is 49.7 Å². The van der Waals surface area contributed by atoms with Crippen LogP contribution in [0, 0.1) is 18.3 Å². The van der Waals surface area contributed by atoms with Gasteiger partial charge in [-0.3, -0.25) is 9.79 Å². The Hall–Kier alpha value is -1.48. The minimum atomic E-state index is -0.786. The van der Waals surface area contributed by atoms with E-state index < -0.39 is 5.60 Å². The molecule has 0 bridgehead atoms. The number of nitrogens with zero attached hydrogens (tertiary/aromatic N) is 1. The fourth-order valence-corrected chi connectivity index (χ4v) is 2.50. The Balaban J connectivity index is 0. The molecule has 30 heavy (non-hydrogen) atoms. The van der Waals surface area contributed by atoms with E-state index in [2.05, 4.69) is 60.4 Å². The lowest BCUT2D eigenvalue weighted by Crippen LogP contribution is -2.15. The van der Waals surface area contributed by atoms with E-state index in [-0.39, 0.29) is 5.41 Å². The van der Waals surface area contributed by atoms with Crippen molar-refractivity contribution in [3.63, 3.8) is 0 Å². The lowest BCUT2D eigenvalue weighted by Gasteiger charge is -2.18. The minimum absolute atomic E-state index is 0.174. The van der Waals surface area contributed by atoms with E-state index in [1.54, 1.807) is 13.8 Å². The molecule has 1 rings (SSSR count). The first-order valence-corrected chi connectivity index (χ1v) is 11.4. The number of benzene rings is 1.